The van der Waals surface area contributed by atoms with Gasteiger partial charge in [-0.05, 0) is 19.3 Å². The number of nitrogens with zero attached hydrogens (tertiary/aromatic N) is 1. The lowest BCUT2D eigenvalue weighted by Crippen LogP contribution is -2.32. The molecule has 2 fully saturated rings. The third-order valence-corrected chi connectivity index (χ3v) is 3.86. The number of fused-ring (bicyclic) bond motifs is 1. The van der Waals surface area contributed by atoms with E-state index in [9.17, 15) is 14.4 Å². The number of imide groups is 1. The van der Waals surface area contributed by atoms with E-state index in [1.807, 2.05) is 0 Å². The van der Waals surface area contributed by atoms with Gasteiger partial charge < -0.3 is 5.11 Å². The molecular weight excluding hydrogens is 234 g/mol. The average molecular weight is 251 g/mol. The first-order chi connectivity index (χ1) is 8.56. The number of hydrogen-bond donors (Lipinski definition) is 1. The van der Waals surface area contributed by atoms with E-state index < -0.39 is 5.97 Å². The Balaban J connectivity index is 2.09. The second kappa shape index (κ2) is 4.92. The molecule has 1 saturated heterocycles. The first kappa shape index (κ1) is 12.8. The fourth-order valence-electron chi connectivity index (χ4n) is 2.82. The maximum atomic E-state index is 12.0. The normalized spacial score (nSPS) is 27.8. The Labute approximate surface area is 105 Å². The second-order valence-corrected chi connectivity index (χ2v) is 4.82. The Morgan fingerprint density at radius 3 is 2.33 bits per heavy atom. The fraction of sp³-hybridized carbons (Fsp3) is 0.615. The van der Waals surface area contributed by atoms with Gasteiger partial charge in [-0.25, -0.2) is 4.79 Å². The summed E-state index contributed by atoms with van der Waals surface area (Å²) in [6.07, 6.45) is 4.37. The number of aliphatic carboxylic acids is 1. The largest absolute Gasteiger partial charge is 0.478 e. The van der Waals surface area contributed by atoms with E-state index in [4.69, 9.17) is 5.11 Å². The first-order valence-electron chi connectivity index (χ1n) is 6.33. The van der Waals surface area contributed by atoms with E-state index in [2.05, 4.69) is 0 Å². The van der Waals surface area contributed by atoms with E-state index in [1.54, 1.807) is 6.92 Å². The van der Waals surface area contributed by atoms with E-state index in [0.29, 0.717) is 6.42 Å². The molecule has 1 aliphatic heterocycles. The number of hydrogen-bond acceptors (Lipinski definition) is 3. The fourth-order valence-corrected chi connectivity index (χ4v) is 2.82. The molecule has 2 aliphatic rings. The molecule has 5 nitrogen and oxygen atoms in total. The number of carboxylic acid groups (broad SMARTS) is 1. The summed E-state index contributed by atoms with van der Waals surface area (Å²) < 4.78 is 0. The highest BCUT2D eigenvalue weighted by Crippen LogP contribution is 2.39. The zero-order valence-electron chi connectivity index (χ0n) is 10.4. The van der Waals surface area contributed by atoms with Crippen LogP contribution in [0.25, 0.3) is 0 Å². The zero-order valence-corrected chi connectivity index (χ0v) is 10.4. The van der Waals surface area contributed by atoms with Gasteiger partial charge >= 0.3 is 5.97 Å². The van der Waals surface area contributed by atoms with Gasteiger partial charge in [0.1, 0.15) is 0 Å². The number of rotatable bonds is 4. The van der Waals surface area contributed by atoms with E-state index >= 15 is 0 Å². The summed E-state index contributed by atoms with van der Waals surface area (Å²) in [5, 5.41) is 8.88. The average Bonchev–Trinajstić information content (AvgIpc) is 2.88. The van der Waals surface area contributed by atoms with Crippen molar-refractivity contribution in [1.82, 2.24) is 4.90 Å². The lowest BCUT2D eigenvalue weighted by Gasteiger charge is -2.13. The molecule has 0 aromatic heterocycles. The molecule has 1 N–H and O–H groups in total. The van der Waals surface area contributed by atoms with Gasteiger partial charge in [0.2, 0.25) is 11.8 Å². The van der Waals surface area contributed by atoms with Crippen LogP contribution in [0.5, 0.6) is 0 Å². The molecule has 0 aromatic carbocycles. The topological polar surface area (TPSA) is 74.7 Å². The molecule has 0 aromatic rings. The zero-order chi connectivity index (χ0) is 13.3. The smallest absolute Gasteiger partial charge is 0.331 e. The molecule has 1 aliphatic carbocycles. The summed E-state index contributed by atoms with van der Waals surface area (Å²) in [6, 6.07) is 0. The van der Waals surface area contributed by atoms with Crippen molar-refractivity contribution in [2.75, 3.05) is 6.54 Å². The van der Waals surface area contributed by atoms with Crippen LogP contribution < -0.4 is 0 Å². The van der Waals surface area contributed by atoms with Crippen molar-refractivity contribution < 1.29 is 19.5 Å². The Morgan fingerprint density at radius 1 is 1.33 bits per heavy atom. The molecule has 2 atom stereocenters. The molecular formula is C13H17NO4. The highest BCUT2D eigenvalue weighted by Gasteiger charge is 2.49. The van der Waals surface area contributed by atoms with Crippen LogP contribution in [0, 0.1) is 11.8 Å². The summed E-state index contributed by atoms with van der Waals surface area (Å²) in [5.74, 6) is -1.54. The van der Waals surface area contributed by atoms with E-state index in [0.717, 1.165) is 19.3 Å². The third kappa shape index (κ3) is 2.05. The van der Waals surface area contributed by atoms with E-state index in [-0.39, 0.29) is 35.8 Å². The molecule has 0 radical (unpaired) electrons. The van der Waals surface area contributed by atoms with Gasteiger partial charge in [-0.2, -0.15) is 0 Å². The van der Waals surface area contributed by atoms with Crippen LogP contribution in [0.4, 0.5) is 0 Å². The number of carbonyl (C=O) groups excluding carboxylic acids is 2. The Kier molecular flexibility index (Phi) is 3.50. The van der Waals surface area contributed by atoms with Crippen LogP contribution in [-0.4, -0.2) is 34.3 Å². The monoisotopic (exact) mass is 251 g/mol. The van der Waals surface area contributed by atoms with Crippen molar-refractivity contribution in [2.24, 2.45) is 11.8 Å². The van der Waals surface area contributed by atoms with Gasteiger partial charge in [0, 0.05) is 12.1 Å². The number of carbonyl (C=O) groups is 3. The minimum absolute atomic E-state index is 0.0974. The SMILES string of the molecule is CCC(=CCN1C(=O)C2CCCC2C1=O)C(=O)O. The quantitative estimate of drug-likeness (QED) is 0.601. The van der Waals surface area contributed by atoms with Crippen molar-refractivity contribution in [1.29, 1.82) is 0 Å². The van der Waals surface area contributed by atoms with Gasteiger partial charge in [-0.3, -0.25) is 14.5 Å². The summed E-state index contributed by atoms with van der Waals surface area (Å²) in [7, 11) is 0. The van der Waals surface area contributed by atoms with Crippen LogP contribution in [0.2, 0.25) is 0 Å². The van der Waals surface area contributed by atoms with Crippen LogP contribution in [0.1, 0.15) is 32.6 Å². The summed E-state index contributed by atoms with van der Waals surface area (Å²) in [4.78, 5) is 36.0. The van der Waals surface area contributed by atoms with Gasteiger partial charge in [-0.1, -0.05) is 19.4 Å². The molecule has 0 spiro atoms. The van der Waals surface area contributed by atoms with Crippen LogP contribution in [0.3, 0.4) is 0 Å². The van der Waals surface area contributed by atoms with Gasteiger partial charge in [0.25, 0.3) is 0 Å². The summed E-state index contributed by atoms with van der Waals surface area (Å²) in [5.41, 5.74) is 0.243. The Bertz CT molecular complexity index is 405. The summed E-state index contributed by atoms with van der Waals surface area (Å²) in [6.45, 7) is 1.84. The van der Waals surface area contributed by atoms with Crippen molar-refractivity contribution in [3.8, 4) is 0 Å². The number of amides is 2. The van der Waals surface area contributed by atoms with Crippen LogP contribution >= 0.6 is 0 Å². The molecule has 1 heterocycles. The molecule has 98 valence electrons. The molecule has 5 heteroatoms. The Morgan fingerprint density at radius 2 is 1.89 bits per heavy atom. The van der Waals surface area contributed by atoms with Crippen molar-refractivity contribution in [3.63, 3.8) is 0 Å². The van der Waals surface area contributed by atoms with Crippen molar-refractivity contribution in [3.05, 3.63) is 11.6 Å². The molecule has 0 bridgehead atoms. The molecule has 2 rings (SSSR count). The maximum absolute atomic E-state index is 12.0. The highest BCUT2D eigenvalue weighted by atomic mass is 16.4. The highest BCUT2D eigenvalue weighted by molar-refractivity contribution is 6.05. The van der Waals surface area contributed by atoms with Crippen LogP contribution in [-0.2, 0) is 14.4 Å². The number of carboxylic acids is 1. The third-order valence-electron chi connectivity index (χ3n) is 3.86. The first-order valence-corrected chi connectivity index (χ1v) is 6.33. The predicted octanol–water partition coefficient (Wildman–Crippen LogP) is 1.19. The predicted molar refractivity (Wildman–Crippen MR) is 63.6 cm³/mol. The summed E-state index contributed by atoms with van der Waals surface area (Å²) >= 11 is 0. The Hall–Kier alpha value is -1.65. The lowest BCUT2D eigenvalue weighted by atomic mass is 10.00. The molecule has 18 heavy (non-hydrogen) atoms. The maximum Gasteiger partial charge on any atom is 0.331 e. The molecule has 1 saturated carbocycles. The standard InChI is InChI=1S/C13H17NO4/c1-2-8(13(17)18)6-7-14-11(15)9-4-3-5-10(9)12(14)16/h6,9-10H,2-5,7H2,1H3,(H,17,18). The van der Waals surface area contributed by atoms with Crippen molar-refractivity contribution in [2.45, 2.75) is 32.6 Å². The minimum Gasteiger partial charge on any atom is -0.478 e. The molecule has 2 unspecified atom stereocenters. The van der Waals surface area contributed by atoms with Crippen molar-refractivity contribution >= 4 is 17.8 Å². The second-order valence-electron chi connectivity index (χ2n) is 4.82. The molecule has 2 amide bonds. The number of likely N-dealkylation sites (tertiary alicyclic amines) is 1. The lowest BCUT2D eigenvalue weighted by molar-refractivity contribution is -0.140. The van der Waals surface area contributed by atoms with Gasteiger partial charge in [0.05, 0.1) is 11.8 Å². The van der Waals surface area contributed by atoms with Gasteiger partial charge in [0.15, 0.2) is 0 Å². The van der Waals surface area contributed by atoms with Gasteiger partial charge in [-0.15, -0.1) is 0 Å². The van der Waals surface area contributed by atoms with E-state index in [1.165, 1.54) is 11.0 Å². The minimum atomic E-state index is -0.989. The van der Waals surface area contributed by atoms with Crippen LogP contribution in [0.15, 0.2) is 11.6 Å².